The summed E-state index contributed by atoms with van der Waals surface area (Å²) in [7, 11) is 2.10. The number of benzene rings is 2. The van der Waals surface area contributed by atoms with Crippen molar-refractivity contribution in [2.75, 3.05) is 5.32 Å². The van der Waals surface area contributed by atoms with Gasteiger partial charge in [-0.2, -0.15) is 0 Å². The lowest BCUT2D eigenvalue weighted by molar-refractivity contribution is 0.955. The molecule has 0 fully saturated rings. The largest absolute Gasteiger partial charge is 0.381 e. The van der Waals surface area contributed by atoms with Crippen LogP contribution in [0.4, 0.5) is 5.69 Å². The molecule has 0 atom stereocenters. The van der Waals surface area contributed by atoms with Crippen molar-refractivity contribution in [1.82, 2.24) is 4.57 Å². The molecule has 2 nitrogen and oxygen atoms in total. The molecular formula is C18H20N2. The minimum absolute atomic E-state index is 0.851. The van der Waals surface area contributed by atoms with Crippen LogP contribution in [0.1, 0.15) is 16.7 Å². The van der Waals surface area contributed by atoms with Gasteiger partial charge in [-0.3, -0.25) is 0 Å². The summed E-state index contributed by atoms with van der Waals surface area (Å²) >= 11 is 0. The summed E-state index contributed by atoms with van der Waals surface area (Å²) in [5, 5.41) is 4.86. The van der Waals surface area contributed by atoms with Crippen LogP contribution in [0.15, 0.2) is 48.7 Å². The maximum absolute atomic E-state index is 3.53. The zero-order valence-electron chi connectivity index (χ0n) is 12.3. The first-order valence-corrected chi connectivity index (χ1v) is 6.98. The van der Waals surface area contributed by atoms with Gasteiger partial charge in [0.25, 0.3) is 0 Å². The molecule has 102 valence electrons. The highest BCUT2D eigenvalue weighted by Gasteiger charge is 2.05. The van der Waals surface area contributed by atoms with Gasteiger partial charge in [0.15, 0.2) is 0 Å². The molecule has 0 spiro atoms. The Hall–Kier alpha value is -2.22. The van der Waals surface area contributed by atoms with Gasteiger partial charge < -0.3 is 9.88 Å². The zero-order chi connectivity index (χ0) is 14.1. The number of nitrogens with one attached hydrogen (secondary N) is 1. The molecule has 3 aromatic rings. The third kappa shape index (κ3) is 2.42. The highest BCUT2D eigenvalue weighted by atomic mass is 14.9. The van der Waals surface area contributed by atoms with Gasteiger partial charge >= 0.3 is 0 Å². The van der Waals surface area contributed by atoms with Gasteiger partial charge in [-0.1, -0.05) is 24.3 Å². The number of aryl methyl sites for hydroxylation is 3. The maximum atomic E-state index is 3.53. The standard InChI is InChI=1S/C18H20N2/c1-13-8-14(2)10-16(9-13)19-11-15-12-20(3)18-7-5-4-6-17(15)18/h4-10,12,19H,11H2,1-3H3. The fraction of sp³-hybridized carbons (Fsp3) is 0.222. The van der Waals surface area contributed by atoms with E-state index >= 15 is 0 Å². The van der Waals surface area contributed by atoms with Gasteiger partial charge in [-0.25, -0.2) is 0 Å². The first-order valence-electron chi connectivity index (χ1n) is 6.98. The first kappa shape index (κ1) is 12.8. The van der Waals surface area contributed by atoms with E-state index in [9.17, 15) is 0 Å². The van der Waals surface area contributed by atoms with Gasteiger partial charge in [-0.05, 0) is 48.7 Å². The lowest BCUT2D eigenvalue weighted by Crippen LogP contribution is -1.99. The van der Waals surface area contributed by atoms with Gasteiger partial charge in [0, 0.05) is 36.4 Å². The highest BCUT2D eigenvalue weighted by molar-refractivity contribution is 5.84. The highest BCUT2D eigenvalue weighted by Crippen LogP contribution is 2.22. The summed E-state index contributed by atoms with van der Waals surface area (Å²) in [4.78, 5) is 0. The van der Waals surface area contributed by atoms with Crippen LogP contribution in [-0.4, -0.2) is 4.57 Å². The summed E-state index contributed by atoms with van der Waals surface area (Å²) in [6, 6.07) is 15.1. The smallest absolute Gasteiger partial charge is 0.0481 e. The van der Waals surface area contributed by atoms with Crippen LogP contribution in [-0.2, 0) is 13.6 Å². The third-order valence-electron chi connectivity index (χ3n) is 3.68. The van der Waals surface area contributed by atoms with E-state index < -0.39 is 0 Å². The maximum Gasteiger partial charge on any atom is 0.0481 e. The molecule has 1 aromatic heterocycles. The molecule has 1 heterocycles. The van der Waals surface area contributed by atoms with Crippen molar-refractivity contribution in [2.24, 2.45) is 7.05 Å². The number of rotatable bonds is 3. The second kappa shape index (κ2) is 5.04. The van der Waals surface area contributed by atoms with E-state index in [0.29, 0.717) is 0 Å². The molecule has 0 bridgehead atoms. The van der Waals surface area contributed by atoms with Gasteiger partial charge in [0.05, 0.1) is 0 Å². The van der Waals surface area contributed by atoms with Crippen molar-refractivity contribution in [3.8, 4) is 0 Å². The summed E-state index contributed by atoms with van der Waals surface area (Å²) in [6.45, 7) is 5.12. The molecule has 2 aromatic carbocycles. The van der Waals surface area contributed by atoms with E-state index in [4.69, 9.17) is 0 Å². The van der Waals surface area contributed by atoms with Crippen molar-refractivity contribution < 1.29 is 0 Å². The summed E-state index contributed by atoms with van der Waals surface area (Å²) in [5.74, 6) is 0. The SMILES string of the molecule is Cc1cc(C)cc(NCc2cn(C)c3ccccc23)c1. The van der Waals surface area contributed by atoms with Crippen molar-refractivity contribution in [3.63, 3.8) is 0 Å². The lowest BCUT2D eigenvalue weighted by atomic mass is 10.1. The first-order chi connectivity index (χ1) is 9.63. The van der Waals surface area contributed by atoms with Crippen molar-refractivity contribution in [2.45, 2.75) is 20.4 Å². The average molecular weight is 264 g/mol. The molecule has 0 saturated heterocycles. The van der Waals surface area contributed by atoms with Crippen LogP contribution in [0.2, 0.25) is 0 Å². The monoisotopic (exact) mass is 264 g/mol. The molecule has 0 amide bonds. The van der Waals surface area contributed by atoms with Crippen molar-refractivity contribution in [3.05, 3.63) is 65.4 Å². The van der Waals surface area contributed by atoms with E-state index in [2.05, 4.69) is 79.4 Å². The minimum atomic E-state index is 0.851. The predicted octanol–water partition coefficient (Wildman–Crippen LogP) is 4.41. The predicted molar refractivity (Wildman–Crippen MR) is 86.2 cm³/mol. The Morgan fingerprint density at radius 1 is 1.00 bits per heavy atom. The molecule has 3 rings (SSSR count). The number of fused-ring (bicyclic) bond motifs is 1. The minimum Gasteiger partial charge on any atom is -0.381 e. The zero-order valence-corrected chi connectivity index (χ0v) is 12.3. The van der Waals surface area contributed by atoms with E-state index in [1.165, 1.54) is 33.3 Å². The Kier molecular flexibility index (Phi) is 3.23. The molecule has 0 aliphatic rings. The van der Waals surface area contributed by atoms with E-state index in [-0.39, 0.29) is 0 Å². The van der Waals surface area contributed by atoms with Gasteiger partial charge in [0.1, 0.15) is 0 Å². The van der Waals surface area contributed by atoms with Crippen LogP contribution >= 0.6 is 0 Å². The Morgan fingerprint density at radius 3 is 2.45 bits per heavy atom. The number of aromatic nitrogens is 1. The lowest BCUT2D eigenvalue weighted by Gasteiger charge is -2.08. The molecule has 0 saturated carbocycles. The van der Waals surface area contributed by atoms with E-state index in [1.807, 2.05) is 0 Å². The topological polar surface area (TPSA) is 17.0 Å². The summed E-state index contributed by atoms with van der Waals surface area (Å²) in [5.41, 5.74) is 6.40. The Bertz CT molecular complexity index is 733. The molecular weight excluding hydrogens is 244 g/mol. The van der Waals surface area contributed by atoms with Crippen LogP contribution in [0.25, 0.3) is 10.9 Å². The molecule has 0 unspecified atom stereocenters. The number of anilines is 1. The van der Waals surface area contributed by atoms with Crippen molar-refractivity contribution >= 4 is 16.6 Å². The average Bonchev–Trinajstić information content (AvgIpc) is 2.73. The number of hydrogen-bond acceptors (Lipinski definition) is 1. The number of hydrogen-bond donors (Lipinski definition) is 1. The van der Waals surface area contributed by atoms with Crippen LogP contribution < -0.4 is 5.32 Å². The quantitative estimate of drug-likeness (QED) is 0.741. The molecule has 0 aliphatic carbocycles. The van der Waals surface area contributed by atoms with Crippen molar-refractivity contribution in [1.29, 1.82) is 0 Å². The van der Waals surface area contributed by atoms with E-state index in [0.717, 1.165) is 6.54 Å². The second-order valence-corrected chi connectivity index (χ2v) is 5.51. The Morgan fingerprint density at radius 2 is 1.70 bits per heavy atom. The molecule has 0 aliphatic heterocycles. The number of nitrogens with zero attached hydrogens (tertiary/aromatic N) is 1. The van der Waals surface area contributed by atoms with Crippen LogP contribution in [0.5, 0.6) is 0 Å². The Labute approximate surface area is 120 Å². The van der Waals surface area contributed by atoms with Gasteiger partial charge in [0.2, 0.25) is 0 Å². The van der Waals surface area contributed by atoms with Gasteiger partial charge in [-0.15, -0.1) is 0 Å². The Balaban J connectivity index is 1.87. The normalized spacial score (nSPS) is 10.9. The van der Waals surface area contributed by atoms with Crippen LogP contribution in [0, 0.1) is 13.8 Å². The second-order valence-electron chi connectivity index (χ2n) is 5.51. The molecule has 20 heavy (non-hydrogen) atoms. The fourth-order valence-corrected chi connectivity index (χ4v) is 2.84. The fourth-order valence-electron chi connectivity index (χ4n) is 2.84. The molecule has 2 heteroatoms. The molecule has 0 radical (unpaired) electrons. The summed E-state index contributed by atoms with van der Waals surface area (Å²) in [6.07, 6.45) is 2.21. The van der Waals surface area contributed by atoms with Crippen LogP contribution in [0.3, 0.4) is 0 Å². The van der Waals surface area contributed by atoms with E-state index in [1.54, 1.807) is 0 Å². The number of para-hydroxylation sites is 1. The molecule has 1 N–H and O–H groups in total. The third-order valence-corrected chi connectivity index (χ3v) is 3.68. The summed E-state index contributed by atoms with van der Waals surface area (Å²) < 4.78 is 2.19.